The lowest BCUT2D eigenvalue weighted by atomic mass is 10.1. The number of guanidine groups is 1. The van der Waals surface area contributed by atoms with Crippen molar-refractivity contribution in [3.8, 4) is 0 Å². The van der Waals surface area contributed by atoms with Crippen molar-refractivity contribution in [3.63, 3.8) is 0 Å². The summed E-state index contributed by atoms with van der Waals surface area (Å²) in [6.07, 6.45) is 1.80. The first kappa shape index (κ1) is 21.2. The number of aryl methyl sites for hydroxylation is 1. The molecule has 8 heteroatoms. The van der Waals surface area contributed by atoms with E-state index >= 15 is 0 Å². The quantitative estimate of drug-likeness (QED) is 0.370. The first-order valence-electron chi connectivity index (χ1n) is 8.48. The summed E-state index contributed by atoms with van der Waals surface area (Å²) in [6.45, 7) is 11.6. The van der Waals surface area contributed by atoms with Gasteiger partial charge in [0.15, 0.2) is 5.96 Å². The van der Waals surface area contributed by atoms with Crippen LogP contribution in [-0.2, 0) is 18.3 Å². The van der Waals surface area contributed by atoms with Crippen LogP contribution in [0.5, 0.6) is 0 Å². The second-order valence-electron chi connectivity index (χ2n) is 6.04. The molecule has 1 aliphatic heterocycles. The maximum Gasteiger partial charge on any atom is 0.191 e. The van der Waals surface area contributed by atoms with Crippen molar-refractivity contribution in [2.75, 3.05) is 45.9 Å². The van der Waals surface area contributed by atoms with Crippen molar-refractivity contribution >= 4 is 29.9 Å². The molecular formula is C16H31IN6O. The average Bonchev–Trinajstić information content (AvgIpc) is 2.96. The Morgan fingerprint density at radius 3 is 2.75 bits per heavy atom. The molecule has 2 heterocycles. The van der Waals surface area contributed by atoms with E-state index in [2.05, 4.69) is 39.5 Å². The van der Waals surface area contributed by atoms with E-state index in [0.717, 1.165) is 57.6 Å². The lowest BCUT2D eigenvalue weighted by Gasteiger charge is -2.29. The lowest BCUT2D eigenvalue weighted by molar-refractivity contribution is 0.0320. The van der Waals surface area contributed by atoms with Gasteiger partial charge in [0, 0.05) is 46.0 Å². The fourth-order valence-corrected chi connectivity index (χ4v) is 2.62. The van der Waals surface area contributed by atoms with Crippen LogP contribution >= 0.6 is 24.0 Å². The van der Waals surface area contributed by atoms with Crippen molar-refractivity contribution in [1.29, 1.82) is 0 Å². The number of halogens is 1. The van der Waals surface area contributed by atoms with Gasteiger partial charge in [-0.15, -0.1) is 24.0 Å². The molecule has 2 N–H and O–H groups in total. The number of morpholine rings is 1. The van der Waals surface area contributed by atoms with Gasteiger partial charge in [-0.05, 0) is 18.9 Å². The molecule has 1 fully saturated rings. The molecule has 7 nitrogen and oxygen atoms in total. The highest BCUT2D eigenvalue weighted by Gasteiger charge is 2.13. The zero-order valence-corrected chi connectivity index (χ0v) is 17.3. The van der Waals surface area contributed by atoms with Gasteiger partial charge in [0.05, 0.1) is 25.5 Å². The Kier molecular flexibility index (Phi) is 10.3. The predicted molar refractivity (Wildman–Crippen MR) is 108 cm³/mol. The number of aromatic nitrogens is 2. The molecule has 1 atom stereocenters. The second kappa shape index (κ2) is 11.6. The Hall–Kier alpha value is -0.870. The third-order valence-electron chi connectivity index (χ3n) is 3.96. The third kappa shape index (κ3) is 7.35. The zero-order valence-electron chi connectivity index (χ0n) is 15.0. The highest BCUT2D eigenvalue weighted by atomic mass is 127. The van der Waals surface area contributed by atoms with Gasteiger partial charge >= 0.3 is 0 Å². The molecule has 2 rings (SSSR count). The number of hydrogen-bond acceptors (Lipinski definition) is 4. The van der Waals surface area contributed by atoms with E-state index in [1.807, 2.05) is 17.8 Å². The van der Waals surface area contributed by atoms with Crippen LogP contribution in [0.3, 0.4) is 0 Å². The molecule has 1 aromatic rings. The van der Waals surface area contributed by atoms with Crippen LogP contribution in [0.1, 0.15) is 19.5 Å². The minimum Gasteiger partial charge on any atom is -0.379 e. The molecule has 0 aliphatic carbocycles. The first-order chi connectivity index (χ1) is 11.2. The van der Waals surface area contributed by atoms with Crippen molar-refractivity contribution in [3.05, 3.63) is 18.0 Å². The summed E-state index contributed by atoms with van der Waals surface area (Å²) in [5.74, 6) is 1.43. The molecule has 0 radical (unpaired) electrons. The normalized spacial score (nSPS) is 17.2. The van der Waals surface area contributed by atoms with Crippen LogP contribution in [0.15, 0.2) is 17.3 Å². The van der Waals surface area contributed by atoms with Gasteiger partial charge < -0.3 is 15.4 Å². The van der Waals surface area contributed by atoms with Crippen LogP contribution < -0.4 is 10.6 Å². The van der Waals surface area contributed by atoms with E-state index in [4.69, 9.17) is 4.74 Å². The van der Waals surface area contributed by atoms with Gasteiger partial charge in [0.1, 0.15) is 0 Å². The summed E-state index contributed by atoms with van der Waals surface area (Å²) in [5, 5.41) is 10.9. The fourth-order valence-electron chi connectivity index (χ4n) is 2.62. The number of nitrogens with one attached hydrogen (secondary N) is 2. The summed E-state index contributed by atoms with van der Waals surface area (Å²) >= 11 is 0. The smallest absolute Gasteiger partial charge is 0.191 e. The summed E-state index contributed by atoms with van der Waals surface area (Å²) in [6, 6.07) is 1.99. The van der Waals surface area contributed by atoms with E-state index in [1.165, 1.54) is 0 Å². The van der Waals surface area contributed by atoms with E-state index < -0.39 is 0 Å². The molecule has 0 spiro atoms. The Morgan fingerprint density at radius 2 is 2.12 bits per heavy atom. The minimum absolute atomic E-state index is 0. The largest absolute Gasteiger partial charge is 0.379 e. The standard InChI is InChI=1S/C16H30N6O.HI/c1-4-17-16(19-12-15-5-6-20-21(15)3)18-11-14(2)13-22-7-9-23-10-8-22;/h5-6,14H,4,7-13H2,1-3H3,(H2,17,18,19);1H. The van der Waals surface area contributed by atoms with Crippen molar-refractivity contribution < 1.29 is 4.74 Å². The number of ether oxygens (including phenoxy) is 1. The van der Waals surface area contributed by atoms with Crippen molar-refractivity contribution in [2.45, 2.75) is 20.4 Å². The summed E-state index contributed by atoms with van der Waals surface area (Å²) in [7, 11) is 1.94. The monoisotopic (exact) mass is 450 g/mol. The fraction of sp³-hybridized carbons (Fsp3) is 0.750. The molecule has 1 aromatic heterocycles. The Bertz CT molecular complexity index is 487. The Morgan fingerprint density at radius 1 is 1.38 bits per heavy atom. The molecule has 1 aliphatic rings. The van der Waals surface area contributed by atoms with Gasteiger partial charge in [0.25, 0.3) is 0 Å². The van der Waals surface area contributed by atoms with Crippen LogP contribution in [0, 0.1) is 5.92 Å². The molecule has 0 amide bonds. The topological polar surface area (TPSA) is 66.7 Å². The molecule has 1 unspecified atom stereocenters. The van der Waals surface area contributed by atoms with E-state index in [9.17, 15) is 0 Å². The van der Waals surface area contributed by atoms with Crippen molar-refractivity contribution in [2.24, 2.45) is 18.0 Å². The average molecular weight is 450 g/mol. The van der Waals surface area contributed by atoms with E-state index in [-0.39, 0.29) is 24.0 Å². The maximum absolute atomic E-state index is 5.39. The molecule has 24 heavy (non-hydrogen) atoms. The van der Waals surface area contributed by atoms with Crippen LogP contribution in [0.4, 0.5) is 0 Å². The molecule has 138 valence electrons. The Labute approximate surface area is 162 Å². The highest BCUT2D eigenvalue weighted by Crippen LogP contribution is 2.03. The van der Waals surface area contributed by atoms with Crippen LogP contribution in [-0.4, -0.2) is 66.6 Å². The van der Waals surface area contributed by atoms with E-state index in [1.54, 1.807) is 6.20 Å². The van der Waals surface area contributed by atoms with Gasteiger partial charge in [0.2, 0.25) is 0 Å². The van der Waals surface area contributed by atoms with Gasteiger partial charge in [-0.25, -0.2) is 4.99 Å². The molecule has 1 saturated heterocycles. The number of hydrogen-bond donors (Lipinski definition) is 2. The lowest BCUT2D eigenvalue weighted by Crippen LogP contribution is -2.44. The number of nitrogens with zero attached hydrogens (tertiary/aromatic N) is 4. The van der Waals surface area contributed by atoms with Gasteiger partial charge in [-0.3, -0.25) is 9.58 Å². The zero-order chi connectivity index (χ0) is 16.5. The molecule has 0 saturated carbocycles. The number of rotatable bonds is 7. The Balaban J connectivity index is 0.00000288. The predicted octanol–water partition coefficient (Wildman–Crippen LogP) is 1.06. The highest BCUT2D eigenvalue weighted by molar-refractivity contribution is 14.0. The summed E-state index contributed by atoms with van der Waals surface area (Å²) in [5.41, 5.74) is 1.10. The van der Waals surface area contributed by atoms with Crippen LogP contribution in [0.25, 0.3) is 0 Å². The molecular weight excluding hydrogens is 419 g/mol. The summed E-state index contributed by atoms with van der Waals surface area (Å²) < 4.78 is 7.25. The second-order valence-corrected chi connectivity index (χ2v) is 6.04. The van der Waals surface area contributed by atoms with Gasteiger partial charge in [-0.1, -0.05) is 6.92 Å². The molecule has 0 aromatic carbocycles. The van der Waals surface area contributed by atoms with Crippen molar-refractivity contribution in [1.82, 2.24) is 25.3 Å². The molecule has 0 bridgehead atoms. The summed E-state index contributed by atoms with van der Waals surface area (Å²) in [4.78, 5) is 7.10. The first-order valence-corrected chi connectivity index (χ1v) is 8.48. The number of aliphatic imine (C=N–C) groups is 1. The van der Waals surface area contributed by atoms with Gasteiger partial charge in [-0.2, -0.15) is 5.10 Å². The van der Waals surface area contributed by atoms with Crippen LogP contribution in [0.2, 0.25) is 0 Å². The SMILES string of the molecule is CCNC(=NCc1ccnn1C)NCC(C)CN1CCOCC1.I. The van der Waals surface area contributed by atoms with E-state index in [0.29, 0.717) is 12.5 Å². The third-order valence-corrected chi connectivity index (χ3v) is 3.96. The maximum atomic E-state index is 5.39. The minimum atomic E-state index is 0.